The minimum atomic E-state index is -0.976. The van der Waals surface area contributed by atoms with Crippen LogP contribution in [0.4, 0.5) is 0 Å². The van der Waals surface area contributed by atoms with Crippen molar-refractivity contribution in [1.82, 2.24) is 4.98 Å². The number of carboxylic acid groups (broad SMARTS) is 1. The van der Waals surface area contributed by atoms with Crippen molar-refractivity contribution >= 4 is 5.97 Å². The molecule has 130 valence electrons. The zero-order valence-electron chi connectivity index (χ0n) is 14.0. The van der Waals surface area contributed by atoms with Crippen LogP contribution in [-0.2, 0) is 18.0 Å². The molecule has 2 aromatic carbocycles. The van der Waals surface area contributed by atoms with Crippen LogP contribution >= 0.6 is 0 Å². The van der Waals surface area contributed by atoms with Crippen LogP contribution in [0, 0.1) is 0 Å². The van der Waals surface area contributed by atoms with Crippen LogP contribution in [0.3, 0.4) is 0 Å². The highest BCUT2D eigenvalue weighted by Gasteiger charge is 2.26. The van der Waals surface area contributed by atoms with Gasteiger partial charge in [-0.25, -0.2) is 4.79 Å². The van der Waals surface area contributed by atoms with Crippen molar-refractivity contribution in [2.24, 2.45) is 0 Å². The summed E-state index contributed by atoms with van der Waals surface area (Å²) in [7, 11) is 0. The quantitative estimate of drug-likeness (QED) is 0.773. The normalized spacial score (nSPS) is 15.3. The Bertz CT molecular complexity index is 940. The van der Waals surface area contributed by atoms with Crippen molar-refractivity contribution in [3.63, 3.8) is 0 Å². The zero-order chi connectivity index (χ0) is 17.9. The Morgan fingerprint density at radius 3 is 2.85 bits per heavy atom. The molecule has 0 aliphatic carbocycles. The van der Waals surface area contributed by atoms with Crippen LogP contribution in [0.25, 0.3) is 0 Å². The number of fused-ring (bicyclic) bond motifs is 2. The molecule has 0 spiro atoms. The zero-order valence-corrected chi connectivity index (χ0v) is 14.0. The minimum absolute atomic E-state index is 0.210. The Kier molecular flexibility index (Phi) is 4.37. The highest BCUT2D eigenvalue weighted by atomic mass is 16.5. The lowest BCUT2D eigenvalue weighted by molar-refractivity contribution is 0.0654. The predicted octanol–water partition coefficient (Wildman–Crippen LogP) is 3.98. The molecule has 1 N–H and O–H groups in total. The maximum absolute atomic E-state index is 11.4. The fourth-order valence-electron chi connectivity index (χ4n) is 3.10. The maximum Gasteiger partial charge on any atom is 0.335 e. The van der Waals surface area contributed by atoms with Gasteiger partial charge in [-0.2, -0.15) is 0 Å². The van der Waals surface area contributed by atoms with Crippen molar-refractivity contribution in [3.8, 4) is 5.75 Å². The number of hydrogen-bond acceptors (Lipinski definition) is 4. The van der Waals surface area contributed by atoms with E-state index in [1.807, 2.05) is 36.4 Å². The lowest BCUT2D eigenvalue weighted by atomic mass is 9.96. The SMILES string of the molecule is O=C(O)c1ccc2c(c1)C(OCc1cccnc1)c1ccccc1CO2. The summed E-state index contributed by atoms with van der Waals surface area (Å²) in [5, 5.41) is 9.36. The van der Waals surface area contributed by atoms with Crippen LogP contribution < -0.4 is 4.74 Å². The van der Waals surface area contributed by atoms with Gasteiger partial charge in [0, 0.05) is 18.0 Å². The maximum atomic E-state index is 11.4. The first-order chi connectivity index (χ1) is 12.7. The lowest BCUT2D eigenvalue weighted by Gasteiger charge is -2.20. The lowest BCUT2D eigenvalue weighted by Crippen LogP contribution is -2.09. The van der Waals surface area contributed by atoms with Crippen LogP contribution in [0.1, 0.15) is 38.7 Å². The van der Waals surface area contributed by atoms with Gasteiger partial charge >= 0.3 is 5.97 Å². The third kappa shape index (κ3) is 3.17. The van der Waals surface area contributed by atoms with E-state index < -0.39 is 12.1 Å². The standard InChI is InChI=1S/C21H17NO4/c23-21(24)15-7-8-19-18(10-15)20(26-12-14-4-3-9-22-11-14)17-6-2-1-5-16(17)13-25-19/h1-11,20H,12-13H2,(H,23,24). The number of nitrogens with zero attached hydrogens (tertiary/aromatic N) is 1. The number of rotatable bonds is 4. The molecule has 26 heavy (non-hydrogen) atoms. The Morgan fingerprint density at radius 2 is 2.04 bits per heavy atom. The average Bonchev–Trinajstić information content (AvgIpc) is 2.83. The van der Waals surface area contributed by atoms with Crippen LogP contribution in [-0.4, -0.2) is 16.1 Å². The molecule has 0 fully saturated rings. The van der Waals surface area contributed by atoms with E-state index >= 15 is 0 Å². The van der Waals surface area contributed by atoms with Crippen molar-refractivity contribution in [3.05, 3.63) is 94.8 Å². The summed E-state index contributed by atoms with van der Waals surface area (Å²) in [4.78, 5) is 15.5. The van der Waals surface area contributed by atoms with E-state index in [0.29, 0.717) is 19.0 Å². The molecular weight excluding hydrogens is 330 g/mol. The molecule has 0 saturated heterocycles. The summed E-state index contributed by atoms with van der Waals surface area (Å²) in [5.74, 6) is -0.335. The molecule has 1 aliphatic heterocycles. The number of carboxylic acids is 1. The Labute approximate surface area is 150 Å². The largest absolute Gasteiger partial charge is 0.488 e. The number of ether oxygens (including phenoxy) is 2. The van der Waals surface area contributed by atoms with Gasteiger partial charge in [0.1, 0.15) is 18.5 Å². The Balaban J connectivity index is 1.76. The van der Waals surface area contributed by atoms with Crippen LogP contribution in [0.5, 0.6) is 5.75 Å². The third-order valence-electron chi connectivity index (χ3n) is 4.40. The van der Waals surface area contributed by atoms with Crippen molar-refractivity contribution in [2.45, 2.75) is 19.3 Å². The molecule has 2 heterocycles. The van der Waals surface area contributed by atoms with Crippen molar-refractivity contribution < 1.29 is 19.4 Å². The number of aromatic carboxylic acids is 1. The average molecular weight is 347 g/mol. The van der Waals surface area contributed by atoms with Gasteiger partial charge in [0.25, 0.3) is 0 Å². The second-order valence-electron chi connectivity index (χ2n) is 6.10. The topological polar surface area (TPSA) is 68.7 Å². The molecule has 5 nitrogen and oxygen atoms in total. The molecule has 1 atom stereocenters. The highest BCUT2D eigenvalue weighted by molar-refractivity contribution is 5.88. The fraction of sp³-hybridized carbons (Fsp3) is 0.143. The van der Waals surface area contributed by atoms with E-state index in [4.69, 9.17) is 9.47 Å². The third-order valence-corrected chi connectivity index (χ3v) is 4.40. The fourth-order valence-corrected chi connectivity index (χ4v) is 3.10. The molecule has 4 rings (SSSR count). The first-order valence-electron chi connectivity index (χ1n) is 8.31. The number of benzene rings is 2. The van der Waals surface area contributed by atoms with Gasteiger partial charge in [0.05, 0.1) is 12.2 Å². The molecule has 1 aromatic heterocycles. The summed E-state index contributed by atoms with van der Waals surface area (Å²) < 4.78 is 12.1. The molecule has 1 aliphatic rings. The molecule has 1 unspecified atom stereocenters. The smallest absolute Gasteiger partial charge is 0.335 e. The molecule has 3 aromatic rings. The Hall–Kier alpha value is -3.18. The first kappa shape index (κ1) is 16.3. The second-order valence-corrected chi connectivity index (χ2v) is 6.10. The van der Waals surface area contributed by atoms with Gasteiger partial charge in [-0.05, 0) is 41.0 Å². The van der Waals surface area contributed by atoms with E-state index in [1.54, 1.807) is 30.6 Å². The Morgan fingerprint density at radius 1 is 1.15 bits per heavy atom. The van der Waals surface area contributed by atoms with Gasteiger partial charge < -0.3 is 14.6 Å². The summed E-state index contributed by atoms with van der Waals surface area (Å²) in [5.41, 5.74) is 3.89. The monoisotopic (exact) mass is 347 g/mol. The second kappa shape index (κ2) is 6.98. The number of carbonyl (C=O) groups is 1. The summed E-state index contributed by atoms with van der Waals surface area (Å²) in [6.45, 7) is 0.784. The summed E-state index contributed by atoms with van der Waals surface area (Å²) in [6.07, 6.45) is 3.06. The van der Waals surface area contributed by atoms with E-state index in [1.165, 1.54) is 0 Å². The van der Waals surface area contributed by atoms with Crippen molar-refractivity contribution in [2.75, 3.05) is 0 Å². The van der Waals surface area contributed by atoms with E-state index in [-0.39, 0.29) is 5.56 Å². The van der Waals surface area contributed by atoms with Gasteiger partial charge in [-0.15, -0.1) is 0 Å². The molecule has 0 saturated carbocycles. The van der Waals surface area contributed by atoms with E-state index in [0.717, 1.165) is 22.3 Å². The molecule has 0 bridgehead atoms. The van der Waals surface area contributed by atoms with Gasteiger partial charge in [-0.1, -0.05) is 30.3 Å². The number of pyridine rings is 1. The summed E-state index contributed by atoms with van der Waals surface area (Å²) >= 11 is 0. The highest BCUT2D eigenvalue weighted by Crippen LogP contribution is 2.39. The minimum Gasteiger partial charge on any atom is -0.488 e. The van der Waals surface area contributed by atoms with E-state index in [2.05, 4.69) is 4.98 Å². The predicted molar refractivity (Wildman–Crippen MR) is 95.0 cm³/mol. The van der Waals surface area contributed by atoms with Gasteiger partial charge in [-0.3, -0.25) is 4.98 Å². The van der Waals surface area contributed by atoms with Gasteiger partial charge in [0.2, 0.25) is 0 Å². The molecular formula is C21H17NO4. The van der Waals surface area contributed by atoms with Crippen molar-refractivity contribution in [1.29, 1.82) is 0 Å². The summed E-state index contributed by atoms with van der Waals surface area (Å²) in [6, 6.07) is 16.6. The van der Waals surface area contributed by atoms with Crippen LogP contribution in [0.2, 0.25) is 0 Å². The number of aromatic nitrogens is 1. The van der Waals surface area contributed by atoms with E-state index in [9.17, 15) is 9.90 Å². The van der Waals surface area contributed by atoms with Crippen LogP contribution in [0.15, 0.2) is 67.0 Å². The molecule has 5 heteroatoms. The number of hydrogen-bond donors (Lipinski definition) is 1. The first-order valence-corrected chi connectivity index (χ1v) is 8.31. The molecule has 0 amide bonds. The molecule has 0 radical (unpaired) electrons. The van der Waals surface area contributed by atoms with Gasteiger partial charge in [0.15, 0.2) is 0 Å².